The number of thioether (sulfide) groups is 1. The van der Waals surface area contributed by atoms with Gasteiger partial charge in [-0.1, -0.05) is 42.2 Å². The largest absolute Gasteiger partial charge is 0.465 e. The fourth-order valence-corrected chi connectivity index (χ4v) is 4.25. The van der Waals surface area contributed by atoms with Crippen molar-refractivity contribution in [3.05, 3.63) is 65.1 Å². The molecule has 0 spiro atoms. The molecule has 1 aliphatic rings. The monoisotopic (exact) mass is 411 g/mol. The molecule has 3 heterocycles. The number of thiocarbonyl (C=S) groups is 1. The van der Waals surface area contributed by atoms with E-state index in [2.05, 4.69) is 16.4 Å². The van der Waals surface area contributed by atoms with Gasteiger partial charge in [0.2, 0.25) is 5.91 Å². The summed E-state index contributed by atoms with van der Waals surface area (Å²) in [7, 11) is 0. The zero-order valence-electron chi connectivity index (χ0n) is 14.8. The van der Waals surface area contributed by atoms with Crippen molar-refractivity contribution in [1.29, 1.82) is 0 Å². The predicted octanol–water partition coefficient (Wildman–Crippen LogP) is 3.32. The highest BCUT2D eigenvalue weighted by Gasteiger charge is 2.33. The molecule has 1 saturated heterocycles. The number of fused-ring (bicyclic) bond motifs is 1. The van der Waals surface area contributed by atoms with Gasteiger partial charge >= 0.3 is 0 Å². The minimum absolute atomic E-state index is 0.0892. The number of para-hydroxylation sites is 1. The summed E-state index contributed by atoms with van der Waals surface area (Å²) in [5, 5.41) is 4.01. The van der Waals surface area contributed by atoms with Crippen LogP contribution >= 0.6 is 24.0 Å². The highest BCUT2D eigenvalue weighted by Crippen LogP contribution is 2.32. The summed E-state index contributed by atoms with van der Waals surface area (Å²) in [4.78, 5) is 29.8. The van der Waals surface area contributed by atoms with Crippen LogP contribution in [0.2, 0.25) is 0 Å². The van der Waals surface area contributed by atoms with Gasteiger partial charge in [-0.05, 0) is 30.2 Å². The van der Waals surface area contributed by atoms with Crippen molar-refractivity contribution in [2.45, 2.75) is 6.42 Å². The summed E-state index contributed by atoms with van der Waals surface area (Å²) in [5.41, 5.74) is 2.22. The molecule has 3 aromatic rings. The minimum atomic E-state index is -0.279. The smallest absolute Gasteiger partial charge is 0.266 e. The number of hydrogen-bond acceptors (Lipinski definition) is 5. The highest BCUT2D eigenvalue weighted by molar-refractivity contribution is 8.26. The lowest BCUT2D eigenvalue weighted by atomic mass is 10.1. The molecule has 0 aliphatic carbocycles. The Kier molecular flexibility index (Phi) is 5.31. The van der Waals surface area contributed by atoms with E-state index in [1.54, 1.807) is 18.2 Å². The van der Waals surface area contributed by atoms with E-state index < -0.39 is 0 Å². The van der Waals surface area contributed by atoms with Gasteiger partial charge in [-0.3, -0.25) is 14.5 Å². The Morgan fingerprint density at radius 1 is 1.29 bits per heavy atom. The van der Waals surface area contributed by atoms with Crippen LogP contribution in [0, 0.1) is 0 Å². The highest BCUT2D eigenvalue weighted by atomic mass is 32.2. The molecule has 28 heavy (non-hydrogen) atoms. The van der Waals surface area contributed by atoms with Gasteiger partial charge in [0, 0.05) is 29.7 Å². The van der Waals surface area contributed by atoms with Crippen molar-refractivity contribution >= 4 is 57.1 Å². The van der Waals surface area contributed by atoms with E-state index in [0.29, 0.717) is 28.0 Å². The van der Waals surface area contributed by atoms with Gasteiger partial charge in [0.05, 0.1) is 11.2 Å². The molecule has 1 fully saturated rings. The number of hydrogen-bond donors (Lipinski definition) is 2. The number of nitrogens with zero attached hydrogens (tertiary/aromatic N) is 1. The third kappa shape index (κ3) is 3.88. The molecule has 1 aromatic carbocycles. The van der Waals surface area contributed by atoms with Crippen molar-refractivity contribution in [3.8, 4) is 0 Å². The van der Waals surface area contributed by atoms with Crippen molar-refractivity contribution in [2.75, 3.05) is 13.1 Å². The molecule has 2 amide bonds. The van der Waals surface area contributed by atoms with Crippen LogP contribution in [0.25, 0.3) is 17.0 Å². The number of carbonyl (C=O) groups is 2. The number of furan rings is 1. The van der Waals surface area contributed by atoms with Crippen LogP contribution in [0.5, 0.6) is 0 Å². The number of benzene rings is 1. The Bertz CT molecular complexity index is 1070. The normalized spacial score (nSPS) is 15.7. The maximum Gasteiger partial charge on any atom is 0.266 e. The first kappa shape index (κ1) is 18.5. The lowest BCUT2D eigenvalue weighted by Crippen LogP contribution is -2.40. The summed E-state index contributed by atoms with van der Waals surface area (Å²) in [6, 6.07) is 11.5. The number of carbonyl (C=O) groups excluding carboxylic acids is 2. The topological polar surface area (TPSA) is 78.3 Å². The summed E-state index contributed by atoms with van der Waals surface area (Å²) in [5.74, 6) is 0.0530. The average Bonchev–Trinajstić information content (AvgIpc) is 3.40. The van der Waals surface area contributed by atoms with Crippen molar-refractivity contribution in [1.82, 2.24) is 15.2 Å². The standard InChI is InChI=1S/C20H17N3O3S2/c24-18(21-8-7-13-11-22-16-6-2-1-5-15(13)16)12-23-19(25)17(28-20(23)27)10-14-4-3-9-26-14/h1-6,9-11,22H,7-8,12H2,(H,21,24). The summed E-state index contributed by atoms with van der Waals surface area (Å²) in [6.07, 6.45) is 5.83. The lowest BCUT2D eigenvalue weighted by Gasteiger charge is -2.14. The van der Waals surface area contributed by atoms with Gasteiger partial charge in [0.1, 0.15) is 16.6 Å². The SMILES string of the molecule is O=C(CN1C(=O)C(=Cc2ccco2)SC1=S)NCCc1c[nH]c2ccccc12. The van der Waals surface area contributed by atoms with E-state index >= 15 is 0 Å². The molecule has 142 valence electrons. The Morgan fingerprint density at radius 3 is 2.96 bits per heavy atom. The van der Waals surface area contributed by atoms with Gasteiger partial charge in [-0.2, -0.15) is 0 Å². The second kappa shape index (κ2) is 8.04. The van der Waals surface area contributed by atoms with E-state index in [1.807, 2.05) is 24.4 Å². The van der Waals surface area contributed by atoms with E-state index in [1.165, 1.54) is 22.9 Å². The van der Waals surface area contributed by atoms with Crippen LogP contribution in [-0.2, 0) is 16.0 Å². The second-order valence-corrected chi connectivity index (χ2v) is 7.92. The summed E-state index contributed by atoms with van der Waals surface area (Å²) in [6.45, 7) is 0.395. The van der Waals surface area contributed by atoms with Gasteiger partial charge < -0.3 is 14.7 Å². The predicted molar refractivity (Wildman–Crippen MR) is 114 cm³/mol. The molecule has 6 nitrogen and oxygen atoms in total. The molecule has 0 radical (unpaired) electrons. The maximum atomic E-state index is 12.5. The van der Waals surface area contributed by atoms with Crippen LogP contribution in [0.4, 0.5) is 0 Å². The van der Waals surface area contributed by atoms with Gasteiger partial charge in [-0.25, -0.2) is 0 Å². The zero-order chi connectivity index (χ0) is 19.5. The molecule has 1 aliphatic heterocycles. The fourth-order valence-electron chi connectivity index (χ4n) is 3.01. The van der Waals surface area contributed by atoms with Crippen LogP contribution in [-0.4, -0.2) is 39.1 Å². The summed E-state index contributed by atoms with van der Waals surface area (Å²) >= 11 is 6.42. The third-order valence-electron chi connectivity index (χ3n) is 4.38. The van der Waals surface area contributed by atoms with Crippen LogP contribution in [0.3, 0.4) is 0 Å². The molecule has 2 N–H and O–H groups in total. The summed E-state index contributed by atoms with van der Waals surface area (Å²) < 4.78 is 5.60. The van der Waals surface area contributed by atoms with Crippen molar-refractivity contribution in [2.24, 2.45) is 0 Å². The zero-order valence-corrected chi connectivity index (χ0v) is 16.4. The number of nitrogens with one attached hydrogen (secondary N) is 2. The van der Waals surface area contributed by atoms with Crippen molar-refractivity contribution < 1.29 is 14.0 Å². The second-order valence-electron chi connectivity index (χ2n) is 6.24. The van der Waals surface area contributed by atoms with E-state index in [9.17, 15) is 9.59 Å². The fraction of sp³-hybridized carbons (Fsp3) is 0.150. The number of H-pyrrole nitrogens is 1. The lowest BCUT2D eigenvalue weighted by molar-refractivity contribution is -0.128. The molecule has 0 saturated carbocycles. The average molecular weight is 412 g/mol. The minimum Gasteiger partial charge on any atom is -0.465 e. The number of aromatic amines is 1. The van der Waals surface area contributed by atoms with E-state index in [0.717, 1.165) is 16.5 Å². The first-order valence-corrected chi connectivity index (χ1v) is 9.95. The molecule has 0 atom stereocenters. The maximum absolute atomic E-state index is 12.5. The van der Waals surface area contributed by atoms with Crippen LogP contribution in [0.1, 0.15) is 11.3 Å². The Balaban J connectivity index is 1.32. The first-order valence-electron chi connectivity index (χ1n) is 8.72. The van der Waals surface area contributed by atoms with E-state index in [4.69, 9.17) is 16.6 Å². The Labute approximate surface area is 171 Å². The van der Waals surface area contributed by atoms with Gasteiger partial charge in [0.15, 0.2) is 0 Å². The van der Waals surface area contributed by atoms with Crippen LogP contribution in [0.15, 0.2) is 58.2 Å². The van der Waals surface area contributed by atoms with Crippen LogP contribution < -0.4 is 5.32 Å². The molecule has 4 rings (SSSR count). The molecule has 8 heteroatoms. The number of rotatable bonds is 6. The molecule has 0 bridgehead atoms. The molecular weight excluding hydrogens is 394 g/mol. The quantitative estimate of drug-likeness (QED) is 0.481. The van der Waals surface area contributed by atoms with E-state index in [-0.39, 0.29) is 18.4 Å². The first-order chi connectivity index (χ1) is 13.6. The number of aromatic nitrogens is 1. The van der Waals surface area contributed by atoms with Gasteiger partial charge in [-0.15, -0.1) is 0 Å². The Hall–Kier alpha value is -2.84. The third-order valence-corrected chi connectivity index (χ3v) is 5.76. The molecule has 2 aromatic heterocycles. The Morgan fingerprint density at radius 2 is 2.14 bits per heavy atom. The molecule has 0 unspecified atom stereocenters. The van der Waals surface area contributed by atoms with Gasteiger partial charge in [0.25, 0.3) is 5.91 Å². The van der Waals surface area contributed by atoms with Crippen molar-refractivity contribution in [3.63, 3.8) is 0 Å². The number of amides is 2. The molecular formula is C20H17N3O3S2.